The Balaban J connectivity index is 1.45. The number of nitrogens with one attached hydrogen (secondary N) is 3. The summed E-state index contributed by atoms with van der Waals surface area (Å²) < 4.78 is 0. The van der Waals surface area contributed by atoms with Crippen molar-refractivity contribution in [1.29, 1.82) is 0 Å². The molecule has 2 amide bonds. The number of hydrogen-bond donors (Lipinski definition) is 3. The van der Waals surface area contributed by atoms with E-state index < -0.39 is 0 Å². The lowest BCUT2D eigenvalue weighted by molar-refractivity contribution is 0.252. The molecule has 1 heterocycles. The first-order valence-electron chi connectivity index (χ1n) is 9.98. The Labute approximate surface area is 185 Å². The number of fused-ring (bicyclic) bond motifs is 1. The molecule has 3 N–H and O–H groups in total. The zero-order valence-electron chi connectivity index (χ0n) is 17.0. The van der Waals surface area contributed by atoms with E-state index in [9.17, 15) is 4.79 Å². The van der Waals surface area contributed by atoms with Crippen molar-refractivity contribution in [2.24, 2.45) is 0 Å². The van der Waals surface area contributed by atoms with E-state index in [0.717, 1.165) is 27.7 Å². The smallest absolute Gasteiger partial charge is 0.319 e. The fourth-order valence-electron chi connectivity index (χ4n) is 3.21. The van der Waals surface area contributed by atoms with Crippen LogP contribution >= 0.6 is 11.6 Å². The van der Waals surface area contributed by atoms with Gasteiger partial charge in [0.2, 0.25) is 0 Å². The van der Waals surface area contributed by atoms with Gasteiger partial charge < -0.3 is 16.0 Å². The van der Waals surface area contributed by atoms with Crippen molar-refractivity contribution in [2.75, 3.05) is 23.7 Å². The Kier molecular flexibility index (Phi) is 6.29. The van der Waals surface area contributed by atoms with Crippen LogP contribution in [0.25, 0.3) is 22.3 Å². The number of nitrogens with zero attached hydrogens (tertiary/aromatic N) is 2. The van der Waals surface area contributed by atoms with Gasteiger partial charge in [-0.25, -0.2) is 14.8 Å². The van der Waals surface area contributed by atoms with Crippen LogP contribution in [-0.4, -0.2) is 29.1 Å². The van der Waals surface area contributed by atoms with Gasteiger partial charge in [-0.3, -0.25) is 0 Å². The van der Waals surface area contributed by atoms with Crippen LogP contribution in [0, 0.1) is 6.92 Å². The van der Waals surface area contributed by atoms with E-state index in [-0.39, 0.29) is 6.03 Å². The number of halogens is 1. The summed E-state index contributed by atoms with van der Waals surface area (Å²) in [5, 5.41) is 10.5. The quantitative estimate of drug-likeness (QED) is 0.352. The molecule has 0 saturated heterocycles. The van der Waals surface area contributed by atoms with Crippen molar-refractivity contribution >= 4 is 40.0 Å². The highest BCUT2D eigenvalue weighted by molar-refractivity contribution is 6.33. The lowest BCUT2D eigenvalue weighted by atomic mass is 10.2. The Morgan fingerprint density at radius 3 is 2.48 bits per heavy atom. The zero-order valence-corrected chi connectivity index (χ0v) is 17.8. The Morgan fingerprint density at radius 1 is 0.903 bits per heavy atom. The first kappa shape index (κ1) is 20.6. The van der Waals surface area contributed by atoms with Crippen LogP contribution in [0.15, 0.2) is 72.8 Å². The van der Waals surface area contributed by atoms with E-state index in [1.165, 1.54) is 0 Å². The second kappa shape index (κ2) is 9.45. The maximum Gasteiger partial charge on any atom is 0.319 e. The minimum Gasteiger partial charge on any atom is -0.368 e. The number of carbonyl (C=O) groups excluding carboxylic acids is 1. The standard InChI is InChI=1S/C24H22ClN5O/c1-16-8-2-6-12-20(16)29-24(31)27-15-14-26-22-18-10-4-7-13-21(18)28-23(30-22)17-9-3-5-11-19(17)25/h2-13H,14-15H2,1H3,(H,26,28,30)(H2,27,29,31). The van der Waals surface area contributed by atoms with Crippen LogP contribution in [0.3, 0.4) is 0 Å². The maximum absolute atomic E-state index is 12.2. The number of rotatable bonds is 6. The first-order chi connectivity index (χ1) is 15.1. The molecule has 0 spiro atoms. The van der Waals surface area contributed by atoms with E-state index in [4.69, 9.17) is 16.6 Å². The van der Waals surface area contributed by atoms with Gasteiger partial charge in [-0.05, 0) is 42.8 Å². The summed E-state index contributed by atoms with van der Waals surface area (Å²) in [5.41, 5.74) is 3.39. The number of para-hydroxylation sites is 2. The molecule has 1 aromatic heterocycles. The van der Waals surface area contributed by atoms with E-state index in [1.54, 1.807) is 0 Å². The van der Waals surface area contributed by atoms with Crippen LogP contribution in [0.2, 0.25) is 5.02 Å². The predicted octanol–water partition coefficient (Wildman–Crippen LogP) is 5.49. The molecule has 0 aliphatic rings. The second-order valence-corrected chi connectivity index (χ2v) is 7.42. The van der Waals surface area contributed by atoms with Crippen LogP contribution in [0.5, 0.6) is 0 Å². The first-order valence-corrected chi connectivity index (χ1v) is 10.4. The number of amides is 2. The highest BCUT2D eigenvalue weighted by Gasteiger charge is 2.11. The molecule has 6 nitrogen and oxygen atoms in total. The summed E-state index contributed by atoms with van der Waals surface area (Å²) in [6.07, 6.45) is 0. The van der Waals surface area contributed by atoms with Crippen molar-refractivity contribution in [3.63, 3.8) is 0 Å². The summed E-state index contributed by atoms with van der Waals surface area (Å²) in [4.78, 5) is 21.5. The van der Waals surface area contributed by atoms with Crippen LogP contribution in [0.1, 0.15) is 5.56 Å². The molecule has 0 unspecified atom stereocenters. The van der Waals surface area contributed by atoms with Gasteiger partial charge in [-0.15, -0.1) is 0 Å². The van der Waals surface area contributed by atoms with Crippen LogP contribution in [0.4, 0.5) is 16.3 Å². The SMILES string of the molecule is Cc1ccccc1NC(=O)NCCNc1nc(-c2ccccc2Cl)nc2ccccc12. The molecular formula is C24H22ClN5O. The number of hydrogen-bond acceptors (Lipinski definition) is 4. The highest BCUT2D eigenvalue weighted by Crippen LogP contribution is 2.29. The van der Waals surface area contributed by atoms with Gasteiger partial charge in [0.25, 0.3) is 0 Å². The molecule has 31 heavy (non-hydrogen) atoms. The lowest BCUT2D eigenvalue weighted by Crippen LogP contribution is -2.33. The number of carbonyl (C=O) groups is 1. The van der Waals surface area contributed by atoms with E-state index >= 15 is 0 Å². The average Bonchev–Trinajstić information content (AvgIpc) is 2.78. The normalized spacial score (nSPS) is 10.6. The highest BCUT2D eigenvalue weighted by atomic mass is 35.5. The molecule has 0 saturated carbocycles. The van der Waals surface area contributed by atoms with Crippen molar-refractivity contribution in [1.82, 2.24) is 15.3 Å². The van der Waals surface area contributed by atoms with Gasteiger partial charge in [0.05, 0.1) is 10.5 Å². The minimum atomic E-state index is -0.250. The van der Waals surface area contributed by atoms with Gasteiger partial charge in [-0.1, -0.05) is 54.1 Å². The second-order valence-electron chi connectivity index (χ2n) is 7.02. The molecule has 0 fully saturated rings. The summed E-state index contributed by atoms with van der Waals surface area (Å²) in [6.45, 7) is 2.88. The predicted molar refractivity (Wildman–Crippen MR) is 127 cm³/mol. The van der Waals surface area contributed by atoms with Crippen molar-refractivity contribution in [3.05, 3.63) is 83.4 Å². The van der Waals surface area contributed by atoms with Gasteiger partial charge in [0, 0.05) is 29.7 Å². The molecule has 4 rings (SSSR count). The fraction of sp³-hybridized carbons (Fsp3) is 0.125. The molecular weight excluding hydrogens is 410 g/mol. The largest absolute Gasteiger partial charge is 0.368 e. The number of benzene rings is 3. The molecule has 0 atom stereocenters. The molecule has 0 bridgehead atoms. The lowest BCUT2D eigenvalue weighted by Gasteiger charge is -2.13. The van der Waals surface area contributed by atoms with Crippen LogP contribution in [-0.2, 0) is 0 Å². The van der Waals surface area contributed by atoms with Crippen molar-refractivity contribution < 1.29 is 4.79 Å². The third kappa shape index (κ3) is 4.92. The summed E-state index contributed by atoms with van der Waals surface area (Å²) in [5.74, 6) is 1.25. The third-order valence-electron chi connectivity index (χ3n) is 4.81. The minimum absolute atomic E-state index is 0.250. The monoisotopic (exact) mass is 431 g/mol. The molecule has 3 aromatic carbocycles. The topological polar surface area (TPSA) is 78.9 Å². The van der Waals surface area contributed by atoms with Crippen LogP contribution < -0.4 is 16.0 Å². The van der Waals surface area contributed by atoms with Gasteiger partial charge in [-0.2, -0.15) is 0 Å². The molecule has 0 radical (unpaired) electrons. The van der Waals surface area contributed by atoms with Crippen molar-refractivity contribution in [2.45, 2.75) is 6.92 Å². The Bertz CT molecular complexity index is 1230. The number of urea groups is 1. The van der Waals surface area contributed by atoms with E-state index in [0.29, 0.717) is 29.8 Å². The molecule has 7 heteroatoms. The molecule has 156 valence electrons. The molecule has 4 aromatic rings. The van der Waals surface area contributed by atoms with Gasteiger partial charge >= 0.3 is 6.03 Å². The Morgan fingerprint density at radius 2 is 1.65 bits per heavy atom. The van der Waals surface area contributed by atoms with E-state index in [2.05, 4.69) is 20.9 Å². The summed E-state index contributed by atoms with van der Waals surface area (Å²) >= 11 is 6.35. The van der Waals surface area contributed by atoms with Gasteiger partial charge in [0.15, 0.2) is 5.82 Å². The summed E-state index contributed by atoms with van der Waals surface area (Å²) in [6, 6.07) is 22.7. The van der Waals surface area contributed by atoms with Crippen molar-refractivity contribution in [3.8, 4) is 11.4 Å². The number of anilines is 2. The summed E-state index contributed by atoms with van der Waals surface area (Å²) in [7, 11) is 0. The maximum atomic E-state index is 12.2. The zero-order chi connectivity index (χ0) is 21.6. The number of aromatic nitrogens is 2. The fourth-order valence-corrected chi connectivity index (χ4v) is 3.43. The third-order valence-corrected chi connectivity index (χ3v) is 5.14. The molecule has 0 aliphatic carbocycles. The van der Waals surface area contributed by atoms with Gasteiger partial charge in [0.1, 0.15) is 5.82 Å². The van der Waals surface area contributed by atoms with E-state index in [1.807, 2.05) is 79.7 Å². The number of aryl methyl sites for hydroxylation is 1. The Hall–Kier alpha value is -3.64. The molecule has 0 aliphatic heterocycles. The average molecular weight is 432 g/mol.